The third kappa shape index (κ3) is 4.33. The van der Waals surface area contributed by atoms with Crippen LogP contribution in [-0.2, 0) is 29.5 Å². The van der Waals surface area contributed by atoms with E-state index in [0.29, 0.717) is 16.8 Å². The fraction of sp³-hybridized carbons (Fsp3) is 0.405. The number of likely N-dealkylation sites (N-methyl/N-ethyl adjacent to an activating group) is 1. The van der Waals surface area contributed by atoms with E-state index in [0.717, 1.165) is 15.8 Å². The number of anilines is 1. The molecule has 10 nitrogen and oxygen atoms in total. The highest BCUT2D eigenvalue weighted by atomic mass is 32.2. The molecular weight excluding hydrogens is 657 g/mol. The van der Waals surface area contributed by atoms with Gasteiger partial charge >= 0.3 is 0 Å². The topological polar surface area (TPSA) is 123 Å². The molecule has 2 N–H and O–H groups in total. The van der Waals surface area contributed by atoms with Crippen LogP contribution in [0.5, 0.6) is 0 Å². The van der Waals surface area contributed by atoms with Gasteiger partial charge in [0.25, 0.3) is 21.8 Å². The molecule has 2 saturated heterocycles. The molecule has 3 aliphatic rings. The van der Waals surface area contributed by atoms with Gasteiger partial charge in [-0.05, 0) is 52.0 Å². The summed E-state index contributed by atoms with van der Waals surface area (Å²) in [7, 11) is -5.62. The van der Waals surface area contributed by atoms with Gasteiger partial charge in [0.1, 0.15) is 6.17 Å². The van der Waals surface area contributed by atoms with Crippen molar-refractivity contribution in [3.05, 3.63) is 96.2 Å². The number of rotatable bonds is 8. The maximum Gasteiger partial charge on any atom is 0.278 e. The number of nitrogens with one attached hydrogen (secondary N) is 1. The minimum Gasteiger partial charge on any atom is -0.389 e. The van der Waals surface area contributed by atoms with Crippen LogP contribution in [0.3, 0.4) is 0 Å². The van der Waals surface area contributed by atoms with E-state index in [9.17, 15) is 18.3 Å². The number of nitrogens with zero attached hydrogens (tertiary/aromatic N) is 3. The summed E-state index contributed by atoms with van der Waals surface area (Å²) >= 11 is 0. The smallest absolute Gasteiger partial charge is 0.278 e. The van der Waals surface area contributed by atoms with E-state index in [1.165, 1.54) is 28.4 Å². The second-order valence-corrected chi connectivity index (χ2v) is 21.9. The van der Waals surface area contributed by atoms with Gasteiger partial charge in [0.05, 0.1) is 16.0 Å². The summed E-state index contributed by atoms with van der Waals surface area (Å²) in [4.78, 5) is 35.6. The molecule has 2 amide bonds. The standard InChI is InChI=1S/C37H44N4O6SSi/c1-23(2)49(24(3)4,25(5)6)47-33-32(42)40-34-36(22-37(40,44)35(43)39(33)7,29-21-38-30-19-13-11-17-27(29)30)28-18-12-14-20-31(28)41(34)48(45,46)26-15-9-8-10-16-26/h8-21,23-25,33-34,38,44H,22H2,1-7H3/t33-,34+,36-,37-/m1/s1. The van der Waals surface area contributed by atoms with E-state index in [-0.39, 0.29) is 27.9 Å². The highest BCUT2D eigenvalue weighted by Gasteiger charge is 2.75. The maximum absolute atomic E-state index is 15.2. The molecule has 4 atom stereocenters. The molecule has 7 rings (SSSR count). The van der Waals surface area contributed by atoms with Crippen LogP contribution in [0.2, 0.25) is 16.6 Å². The molecule has 4 heterocycles. The predicted molar refractivity (Wildman–Crippen MR) is 191 cm³/mol. The van der Waals surface area contributed by atoms with Crippen molar-refractivity contribution in [2.45, 2.75) is 93.0 Å². The molecule has 1 aromatic heterocycles. The first-order valence-electron chi connectivity index (χ1n) is 16.9. The Kier molecular flexibility index (Phi) is 7.71. The Morgan fingerprint density at radius 1 is 0.857 bits per heavy atom. The van der Waals surface area contributed by atoms with Crippen molar-refractivity contribution in [2.24, 2.45) is 0 Å². The van der Waals surface area contributed by atoms with Gasteiger partial charge in [-0.1, -0.05) is 96.1 Å². The van der Waals surface area contributed by atoms with Crippen LogP contribution < -0.4 is 4.31 Å². The zero-order valence-electron chi connectivity index (χ0n) is 28.9. The van der Waals surface area contributed by atoms with Crippen LogP contribution in [0.1, 0.15) is 59.1 Å². The monoisotopic (exact) mass is 700 g/mol. The second kappa shape index (κ2) is 11.3. The van der Waals surface area contributed by atoms with Gasteiger partial charge in [0, 0.05) is 30.6 Å². The number of carbonyl (C=O) groups excluding carboxylic acids is 2. The van der Waals surface area contributed by atoms with Crippen molar-refractivity contribution >= 4 is 46.7 Å². The van der Waals surface area contributed by atoms with Crippen molar-refractivity contribution in [3.8, 4) is 0 Å². The Balaban J connectivity index is 1.52. The average Bonchev–Trinajstić information content (AvgIpc) is 3.70. The van der Waals surface area contributed by atoms with E-state index < -0.39 is 53.7 Å². The lowest BCUT2D eigenvalue weighted by atomic mass is 9.71. The molecule has 258 valence electrons. The van der Waals surface area contributed by atoms with Crippen LogP contribution in [-0.4, -0.2) is 73.6 Å². The molecular formula is C37H44N4O6SSi. The van der Waals surface area contributed by atoms with E-state index in [4.69, 9.17) is 4.43 Å². The molecule has 3 aliphatic heterocycles. The first-order valence-corrected chi connectivity index (χ1v) is 20.5. The predicted octanol–water partition coefficient (Wildman–Crippen LogP) is 5.90. The van der Waals surface area contributed by atoms with Gasteiger partial charge in [0.2, 0.25) is 20.3 Å². The summed E-state index contributed by atoms with van der Waals surface area (Å²) in [6.07, 6.45) is -1.12. The number of aromatic nitrogens is 1. The number of fused-ring (bicyclic) bond motifs is 6. The zero-order valence-corrected chi connectivity index (χ0v) is 30.7. The summed E-state index contributed by atoms with van der Waals surface area (Å²) < 4.78 is 38.1. The third-order valence-electron chi connectivity index (χ3n) is 11.3. The molecule has 3 aromatic carbocycles. The quantitative estimate of drug-likeness (QED) is 0.221. The Bertz CT molecular complexity index is 2050. The lowest BCUT2D eigenvalue weighted by molar-refractivity contribution is -0.206. The summed E-state index contributed by atoms with van der Waals surface area (Å²) in [5.41, 5.74) is -0.940. The molecule has 0 radical (unpaired) electrons. The lowest BCUT2D eigenvalue weighted by Gasteiger charge is -2.51. The van der Waals surface area contributed by atoms with Crippen LogP contribution in [0.4, 0.5) is 5.69 Å². The van der Waals surface area contributed by atoms with Crippen LogP contribution in [0.25, 0.3) is 10.9 Å². The van der Waals surface area contributed by atoms with E-state index in [1.54, 1.807) is 30.3 Å². The van der Waals surface area contributed by atoms with Crippen LogP contribution in [0, 0.1) is 0 Å². The Morgan fingerprint density at radius 3 is 2.10 bits per heavy atom. The van der Waals surface area contributed by atoms with Gasteiger partial charge in [-0.25, -0.2) is 12.7 Å². The van der Waals surface area contributed by atoms with Crippen molar-refractivity contribution in [1.29, 1.82) is 0 Å². The number of hydrogen-bond donors (Lipinski definition) is 2. The van der Waals surface area contributed by atoms with Crippen LogP contribution >= 0.6 is 0 Å². The summed E-state index contributed by atoms with van der Waals surface area (Å²) in [5.74, 6) is -1.35. The molecule has 49 heavy (non-hydrogen) atoms. The van der Waals surface area contributed by atoms with Crippen molar-refractivity contribution in [3.63, 3.8) is 0 Å². The van der Waals surface area contributed by atoms with Gasteiger partial charge in [-0.3, -0.25) is 14.5 Å². The Labute approximate surface area is 288 Å². The number of piperazine rings is 1. The first-order chi connectivity index (χ1) is 23.2. The number of aliphatic hydroxyl groups is 1. The number of aromatic amines is 1. The van der Waals surface area contributed by atoms with E-state index in [2.05, 4.69) is 46.5 Å². The molecule has 0 aliphatic carbocycles. The average molecular weight is 701 g/mol. The zero-order chi connectivity index (χ0) is 35.3. The van der Waals surface area contributed by atoms with E-state index >= 15 is 4.79 Å². The fourth-order valence-electron chi connectivity index (χ4n) is 9.38. The molecule has 12 heteroatoms. The summed E-state index contributed by atoms with van der Waals surface area (Å²) in [6.45, 7) is 12.6. The van der Waals surface area contributed by atoms with E-state index in [1.807, 2.05) is 42.6 Å². The second-order valence-electron chi connectivity index (χ2n) is 14.6. The SMILES string of the molecule is CC(C)[Si](O[C@@H]1C(=O)N2[C@H]3N(S(=O)(=O)c4ccccc4)c4ccccc4[C@@]3(c3c[nH]c4ccccc34)C[C@@]2(O)C(=O)N1C)(C(C)C)C(C)C. The molecule has 0 unspecified atom stereocenters. The van der Waals surface area contributed by atoms with Crippen molar-refractivity contribution in [2.75, 3.05) is 11.4 Å². The third-order valence-corrected chi connectivity index (χ3v) is 19.1. The highest BCUT2D eigenvalue weighted by molar-refractivity contribution is 7.93. The number of H-pyrrole nitrogens is 1. The minimum absolute atomic E-state index is 0.0292. The molecule has 0 saturated carbocycles. The van der Waals surface area contributed by atoms with Crippen LogP contribution in [0.15, 0.2) is 90.0 Å². The molecule has 2 fully saturated rings. The van der Waals surface area contributed by atoms with Gasteiger partial charge in [-0.2, -0.15) is 0 Å². The van der Waals surface area contributed by atoms with Crippen molar-refractivity contribution in [1.82, 2.24) is 14.8 Å². The van der Waals surface area contributed by atoms with Crippen molar-refractivity contribution < 1.29 is 27.5 Å². The molecule has 0 spiro atoms. The lowest BCUT2D eigenvalue weighted by Crippen LogP contribution is -2.73. The number of benzene rings is 3. The van der Waals surface area contributed by atoms with Gasteiger partial charge < -0.3 is 19.4 Å². The Hall–Kier alpha value is -3.97. The number of hydrogen-bond acceptors (Lipinski definition) is 6. The first kappa shape index (κ1) is 33.5. The van der Waals surface area contributed by atoms with Gasteiger partial charge in [0.15, 0.2) is 0 Å². The van der Waals surface area contributed by atoms with Gasteiger partial charge in [-0.15, -0.1) is 0 Å². The largest absolute Gasteiger partial charge is 0.389 e. The molecule has 4 aromatic rings. The minimum atomic E-state index is -4.35. The summed E-state index contributed by atoms with van der Waals surface area (Å²) in [6, 6.07) is 22.9. The Morgan fingerprint density at radius 2 is 1.45 bits per heavy atom. The number of carbonyl (C=O) groups is 2. The maximum atomic E-state index is 15.2. The number of para-hydroxylation sites is 2. The fourth-order valence-corrected chi connectivity index (χ4v) is 16.5. The summed E-state index contributed by atoms with van der Waals surface area (Å²) in [5, 5.41) is 13.5. The normalized spacial score (nSPS) is 25.6. The highest BCUT2D eigenvalue weighted by Crippen LogP contribution is 2.63. The molecule has 0 bridgehead atoms. The number of amides is 2. The number of sulfonamides is 1.